The molecule has 0 aliphatic heterocycles. The second kappa shape index (κ2) is 8.10. The predicted octanol–water partition coefficient (Wildman–Crippen LogP) is 3.57. The molecule has 1 N–H and O–H groups in total. The number of anilines is 1. The molecule has 1 atom stereocenters. The molecule has 0 saturated carbocycles. The quantitative estimate of drug-likeness (QED) is 0.823. The van der Waals surface area contributed by atoms with Gasteiger partial charge in [-0.05, 0) is 32.9 Å². The van der Waals surface area contributed by atoms with Crippen LogP contribution in [0, 0.1) is 13.8 Å². The molecule has 1 aromatic heterocycles. The van der Waals surface area contributed by atoms with Crippen molar-refractivity contribution in [3.8, 4) is 11.5 Å². The van der Waals surface area contributed by atoms with Gasteiger partial charge in [0.15, 0.2) is 11.5 Å². The number of nitrogens with one attached hydrogen (secondary N) is 1. The van der Waals surface area contributed by atoms with E-state index >= 15 is 0 Å². The van der Waals surface area contributed by atoms with Crippen molar-refractivity contribution in [1.29, 1.82) is 0 Å². The molecule has 1 aromatic carbocycles. The molecule has 130 valence electrons. The number of rotatable bonds is 7. The van der Waals surface area contributed by atoms with Crippen LogP contribution in [0.4, 0.5) is 5.69 Å². The summed E-state index contributed by atoms with van der Waals surface area (Å²) >= 11 is 1.54. The van der Waals surface area contributed by atoms with Crippen LogP contribution >= 0.6 is 11.8 Å². The van der Waals surface area contributed by atoms with Gasteiger partial charge < -0.3 is 19.3 Å². The fraction of sp³-hybridized carbons (Fsp3) is 0.412. The molecule has 0 saturated heterocycles. The van der Waals surface area contributed by atoms with Crippen molar-refractivity contribution in [2.75, 3.05) is 19.5 Å². The second-order valence-corrected chi connectivity index (χ2v) is 6.64. The first-order chi connectivity index (χ1) is 11.5. The van der Waals surface area contributed by atoms with Crippen LogP contribution in [-0.4, -0.2) is 30.5 Å². The number of carbonyl (C=O) groups excluding carboxylic acids is 1. The van der Waals surface area contributed by atoms with Crippen LogP contribution < -0.4 is 14.8 Å². The Morgan fingerprint density at radius 1 is 1.29 bits per heavy atom. The van der Waals surface area contributed by atoms with Gasteiger partial charge in [0.05, 0.1) is 25.2 Å². The van der Waals surface area contributed by atoms with Gasteiger partial charge in [-0.25, -0.2) is 0 Å². The summed E-state index contributed by atoms with van der Waals surface area (Å²) < 4.78 is 15.6. The highest BCUT2D eigenvalue weighted by Gasteiger charge is 2.17. The zero-order valence-electron chi connectivity index (χ0n) is 14.5. The van der Waals surface area contributed by atoms with Crippen LogP contribution in [0.2, 0.25) is 0 Å². The molecule has 0 spiro atoms. The smallest absolute Gasteiger partial charge is 0.237 e. The first-order valence-corrected chi connectivity index (χ1v) is 8.57. The summed E-state index contributed by atoms with van der Waals surface area (Å²) in [5, 5.41) is 6.60. The van der Waals surface area contributed by atoms with Gasteiger partial charge in [0.25, 0.3) is 0 Å². The van der Waals surface area contributed by atoms with Crippen LogP contribution in [0.25, 0.3) is 0 Å². The number of amides is 1. The Hall–Kier alpha value is -2.15. The summed E-state index contributed by atoms with van der Waals surface area (Å²) in [7, 11) is 3.13. The topological polar surface area (TPSA) is 73.6 Å². The van der Waals surface area contributed by atoms with E-state index in [1.165, 1.54) is 11.8 Å². The Kier molecular flexibility index (Phi) is 6.14. The molecule has 0 radical (unpaired) electrons. The minimum atomic E-state index is -0.216. The third-order valence-corrected chi connectivity index (χ3v) is 4.85. The molecule has 6 nitrogen and oxygen atoms in total. The molecule has 0 unspecified atom stereocenters. The van der Waals surface area contributed by atoms with Crippen molar-refractivity contribution in [2.45, 2.75) is 31.8 Å². The zero-order chi connectivity index (χ0) is 17.7. The summed E-state index contributed by atoms with van der Waals surface area (Å²) in [6, 6.07) is 5.28. The normalized spacial score (nSPS) is 11.9. The minimum Gasteiger partial charge on any atom is -0.493 e. The third-order valence-electron chi connectivity index (χ3n) is 3.68. The first kappa shape index (κ1) is 18.2. The second-order valence-electron chi connectivity index (χ2n) is 5.31. The number of nitrogens with zero attached hydrogens (tertiary/aromatic N) is 1. The maximum absolute atomic E-state index is 12.4. The van der Waals surface area contributed by atoms with Gasteiger partial charge in [0, 0.05) is 23.1 Å². The Bertz CT molecular complexity index is 695. The van der Waals surface area contributed by atoms with Gasteiger partial charge in [-0.3, -0.25) is 4.79 Å². The molecular weight excluding hydrogens is 328 g/mol. The van der Waals surface area contributed by atoms with Gasteiger partial charge in [-0.1, -0.05) is 5.16 Å². The molecular formula is C17H22N2O4S. The molecule has 2 aromatic rings. The number of aromatic nitrogens is 1. The minimum absolute atomic E-state index is 0.0704. The Morgan fingerprint density at radius 3 is 2.58 bits per heavy atom. The van der Waals surface area contributed by atoms with Crippen LogP contribution in [0.1, 0.15) is 23.9 Å². The molecule has 0 bridgehead atoms. The Labute approximate surface area is 145 Å². The number of carbonyl (C=O) groups is 1. The molecule has 1 amide bonds. The van der Waals surface area contributed by atoms with Crippen molar-refractivity contribution in [3.63, 3.8) is 0 Å². The van der Waals surface area contributed by atoms with Crippen molar-refractivity contribution >= 4 is 23.4 Å². The van der Waals surface area contributed by atoms with Gasteiger partial charge in [0.2, 0.25) is 5.91 Å². The summed E-state index contributed by atoms with van der Waals surface area (Å²) in [5.41, 5.74) is 2.58. The van der Waals surface area contributed by atoms with Gasteiger partial charge in [-0.2, -0.15) is 0 Å². The molecule has 0 aliphatic carbocycles. The molecule has 7 heteroatoms. The van der Waals surface area contributed by atoms with E-state index in [1.807, 2.05) is 20.8 Å². The number of hydrogen-bond donors (Lipinski definition) is 1. The number of methoxy groups -OCH3 is 2. The largest absolute Gasteiger partial charge is 0.493 e. The van der Waals surface area contributed by atoms with E-state index in [2.05, 4.69) is 10.5 Å². The highest BCUT2D eigenvalue weighted by atomic mass is 32.2. The van der Waals surface area contributed by atoms with Crippen LogP contribution in [0.5, 0.6) is 11.5 Å². The average molecular weight is 350 g/mol. The lowest BCUT2D eigenvalue weighted by Crippen LogP contribution is -2.22. The van der Waals surface area contributed by atoms with E-state index in [-0.39, 0.29) is 11.2 Å². The SMILES string of the molecule is COc1ccc(NC(=O)[C@H](C)SCc2c(C)noc2C)cc1OC. The summed E-state index contributed by atoms with van der Waals surface area (Å²) in [5.74, 6) is 2.61. The van der Waals surface area contributed by atoms with E-state index in [0.717, 1.165) is 17.0 Å². The highest BCUT2D eigenvalue weighted by Crippen LogP contribution is 2.30. The van der Waals surface area contributed by atoms with E-state index in [4.69, 9.17) is 14.0 Å². The third kappa shape index (κ3) is 4.23. The maximum atomic E-state index is 12.4. The van der Waals surface area contributed by atoms with Gasteiger partial charge in [-0.15, -0.1) is 11.8 Å². The molecule has 0 aliphatic rings. The van der Waals surface area contributed by atoms with Crippen molar-refractivity contribution in [3.05, 3.63) is 35.2 Å². The first-order valence-electron chi connectivity index (χ1n) is 7.52. The maximum Gasteiger partial charge on any atom is 0.237 e. The van der Waals surface area contributed by atoms with E-state index in [0.29, 0.717) is 22.9 Å². The van der Waals surface area contributed by atoms with Crippen LogP contribution in [0.15, 0.2) is 22.7 Å². The predicted molar refractivity (Wildman–Crippen MR) is 94.9 cm³/mol. The number of ether oxygens (including phenoxy) is 2. The summed E-state index contributed by atoms with van der Waals surface area (Å²) in [4.78, 5) is 12.4. The van der Waals surface area contributed by atoms with Crippen LogP contribution in [0.3, 0.4) is 0 Å². The fourth-order valence-corrected chi connectivity index (χ4v) is 3.19. The summed E-state index contributed by atoms with van der Waals surface area (Å²) in [6.45, 7) is 5.66. The summed E-state index contributed by atoms with van der Waals surface area (Å²) in [6.07, 6.45) is 0. The fourth-order valence-electron chi connectivity index (χ4n) is 2.15. The number of benzene rings is 1. The Balaban J connectivity index is 1.96. The Morgan fingerprint density at radius 2 is 2.00 bits per heavy atom. The van der Waals surface area contributed by atoms with Gasteiger partial charge >= 0.3 is 0 Å². The lowest BCUT2D eigenvalue weighted by atomic mass is 10.2. The standard InChI is InChI=1S/C17H22N2O4S/c1-10-14(11(2)23-19-10)9-24-12(3)17(20)18-13-6-7-15(21-4)16(8-13)22-5/h6-8,12H,9H2,1-5H3,(H,18,20)/t12-/m0/s1. The lowest BCUT2D eigenvalue weighted by Gasteiger charge is -2.14. The lowest BCUT2D eigenvalue weighted by molar-refractivity contribution is -0.115. The number of hydrogen-bond acceptors (Lipinski definition) is 6. The van der Waals surface area contributed by atoms with Crippen molar-refractivity contribution < 1.29 is 18.8 Å². The van der Waals surface area contributed by atoms with E-state index in [9.17, 15) is 4.79 Å². The molecule has 0 fully saturated rings. The zero-order valence-corrected chi connectivity index (χ0v) is 15.3. The van der Waals surface area contributed by atoms with Crippen molar-refractivity contribution in [2.24, 2.45) is 0 Å². The number of aryl methyl sites for hydroxylation is 2. The molecule has 2 rings (SSSR count). The van der Waals surface area contributed by atoms with E-state index < -0.39 is 0 Å². The number of thioether (sulfide) groups is 1. The average Bonchev–Trinajstić information content (AvgIpc) is 2.90. The molecule has 24 heavy (non-hydrogen) atoms. The van der Waals surface area contributed by atoms with Crippen molar-refractivity contribution in [1.82, 2.24) is 5.16 Å². The monoisotopic (exact) mass is 350 g/mol. The van der Waals surface area contributed by atoms with E-state index in [1.54, 1.807) is 32.4 Å². The highest BCUT2D eigenvalue weighted by molar-refractivity contribution is 7.99. The van der Waals surface area contributed by atoms with Crippen LogP contribution in [-0.2, 0) is 10.5 Å². The van der Waals surface area contributed by atoms with Gasteiger partial charge in [0.1, 0.15) is 5.76 Å². The molecule has 1 heterocycles.